The molecule has 3 rings (SSSR count). The van der Waals surface area contributed by atoms with E-state index in [9.17, 15) is 4.79 Å². The summed E-state index contributed by atoms with van der Waals surface area (Å²) in [6, 6.07) is 8.34. The van der Waals surface area contributed by atoms with Gasteiger partial charge < -0.3 is 9.32 Å². The van der Waals surface area contributed by atoms with Gasteiger partial charge in [0.05, 0.1) is 5.75 Å². The molecule has 0 saturated carbocycles. The van der Waals surface area contributed by atoms with Gasteiger partial charge in [-0.05, 0) is 45.2 Å². The molecule has 0 spiro atoms. The molecule has 21 heavy (non-hydrogen) atoms. The maximum atomic E-state index is 12.4. The minimum absolute atomic E-state index is 0.182. The zero-order valence-electron chi connectivity index (χ0n) is 12.4. The molecule has 0 radical (unpaired) electrons. The molecular weight excluding hydrogens is 284 g/mol. The number of benzene rings is 1. The van der Waals surface area contributed by atoms with Crippen LogP contribution in [0.2, 0.25) is 0 Å². The second-order valence-electron chi connectivity index (χ2n) is 5.67. The third-order valence-corrected chi connectivity index (χ3v) is 4.89. The molecule has 1 amide bonds. The lowest BCUT2D eigenvalue weighted by Crippen LogP contribution is -2.48. The van der Waals surface area contributed by atoms with Gasteiger partial charge in [0.1, 0.15) is 5.52 Å². The minimum atomic E-state index is 0.182. The van der Waals surface area contributed by atoms with Gasteiger partial charge in [0.25, 0.3) is 5.22 Å². The molecular formula is C16H20N2O2S. The summed E-state index contributed by atoms with van der Waals surface area (Å²) in [5, 5.41) is 0.571. The highest BCUT2D eigenvalue weighted by molar-refractivity contribution is 7.99. The molecule has 2 heterocycles. The highest BCUT2D eigenvalue weighted by atomic mass is 32.2. The van der Waals surface area contributed by atoms with E-state index in [0.29, 0.717) is 23.1 Å². The van der Waals surface area contributed by atoms with Crippen LogP contribution in [0.1, 0.15) is 33.1 Å². The molecule has 1 aliphatic rings. The minimum Gasteiger partial charge on any atom is -0.431 e. The summed E-state index contributed by atoms with van der Waals surface area (Å²) in [5.74, 6) is 0.573. The molecule has 1 aromatic carbocycles. The van der Waals surface area contributed by atoms with E-state index in [1.807, 2.05) is 29.2 Å². The molecule has 2 aromatic rings. The average Bonchev–Trinajstić information content (AvgIpc) is 2.87. The maximum Gasteiger partial charge on any atom is 0.257 e. The van der Waals surface area contributed by atoms with Crippen LogP contribution in [-0.4, -0.2) is 33.6 Å². The molecule has 1 saturated heterocycles. The quantitative estimate of drug-likeness (QED) is 0.811. The van der Waals surface area contributed by atoms with E-state index in [-0.39, 0.29) is 5.91 Å². The van der Waals surface area contributed by atoms with Gasteiger partial charge in [0, 0.05) is 12.1 Å². The number of hydrogen-bond acceptors (Lipinski definition) is 4. The van der Waals surface area contributed by atoms with Crippen molar-refractivity contribution in [3.63, 3.8) is 0 Å². The van der Waals surface area contributed by atoms with Gasteiger partial charge in [-0.3, -0.25) is 4.79 Å². The standard InChI is InChI=1S/C16H20N2O2S/c1-11-6-5-7-12(2)18(11)15(19)10-21-16-17-13-8-3-4-9-14(13)20-16/h3-4,8-9,11-12H,5-7,10H2,1-2H3/t11-,12-/m0/s1. The molecule has 0 aliphatic carbocycles. The number of oxazole rings is 1. The number of hydrogen-bond donors (Lipinski definition) is 0. The van der Waals surface area contributed by atoms with Crippen molar-refractivity contribution in [1.82, 2.24) is 9.88 Å². The Kier molecular flexibility index (Phi) is 4.19. The summed E-state index contributed by atoms with van der Waals surface area (Å²) in [6.45, 7) is 4.27. The van der Waals surface area contributed by atoms with E-state index in [4.69, 9.17) is 4.42 Å². The molecule has 112 valence electrons. The van der Waals surface area contributed by atoms with Gasteiger partial charge in [-0.15, -0.1) is 0 Å². The van der Waals surface area contributed by atoms with E-state index in [2.05, 4.69) is 18.8 Å². The molecule has 1 aromatic heterocycles. The zero-order chi connectivity index (χ0) is 14.8. The van der Waals surface area contributed by atoms with Gasteiger partial charge in [-0.1, -0.05) is 23.9 Å². The summed E-state index contributed by atoms with van der Waals surface area (Å²) in [4.78, 5) is 18.9. The Balaban J connectivity index is 1.65. The topological polar surface area (TPSA) is 46.3 Å². The number of nitrogens with zero attached hydrogens (tertiary/aromatic N) is 2. The van der Waals surface area contributed by atoms with Crippen LogP contribution in [0.5, 0.6) is 0 Å². The first kappa shape index (κ1) is 14.4. The second kappa shape index (κ2) is 6.10. The van der Waals surface area contributed by atoms with Gasteiger partial charge in [-0.2, -0.15) is 0 Å². The molecule has 0 N–H and O–H groups in total. The number of carbonyl (C=O) groups excluding carboxylic acids is 1. The molecule has 0 bridgehead atoms. The fourth-order valence-corrected chi connectivity index (χ4v) is 3.73. The fraction of sp³-hybridized carbons (Fsp3) is 0.500. The van der Waals surface area contributed by atoms with Crippen LogP contribution in [-0.2, 0) is 4.79 Å². The van der Waals surface area contributed by atoms with Crippen LogP contribution >= 0.6 is 11.8 Å². The Morgan fingerprint density at radius 2 is 2.05 bits per heavy atom. The number of amides is 1. The van der Waals surface area contributed by atoms with Crippen LogP contribution < -0.4 is 0 Å². The van der Waals surface area contributed by atoms with Crippen LogP contribution in [0.4, 0.5) is 0 Å². The number of carbonyl (C=O) groups is 1. The van der Waals surface area contributed by atoms with Gasteiger partial charge in [-0.25, -0.2) is 4.98 Å². The van der Waals surface area contributed by atoms with E-state index < -0.39 is 0 Å². The van der Waals surface area contributed by atoms with E-state index in [1.165, 1.54) is 18.2 Å². The second-order valence-corrected chi connectivity index (χ2v) is 6.59. The first-order valence-corrected chi connectivity index (χ1v) is 8.43. The van der Waals surface area contributed by atoms with Crippen molar-refractivity contribution in [2.24, 2.45) is 0 Å². The van der Waals surface area contributed by atoms with E-state index in [1.54, 1.807) is 0 Å². The molecule has 0 unspecified atom stereocenters. The number of aromatic nitrogens is 1. The Hall–Kier alpha value is -1.49. The largest absolute Gasteiger partial charge is 0.431 e. The third-order valence-electron chi connectivity index (χ3n) is 4.07. The lowest BCUT2D eigenvalue weighted by molar-refractivity contribution is -0.134. The molecule has 4 nitrogen and oxygen atoms in total. The smallest absolute Gasteiger partial charge is 0.257 e. The predicted octanol–water partition coefficient (Wildman–Crippen LogP) is 3.71. The Labute approximate surface area is 128 Å². The van der Waals surface area contributed by atoms with Crippen LogP contribution in [0, 0.1) is 0 Å². The summed E-state index contributed by atoms with van der Waals surface area (Å²) >= 11 is 1.38. The highest BCUT2D eigenvalue weighted by Gasteiger charge is 2.28. The van der Waals surface area contributed by atoms with Crippen molar-refractivity contribution in [2.45, 2.75) is 50.4 Å². The van der Waals surface area contributed by atoms with Crippen molar-refractivity contribution >= 4 is 28.8 Å². The van der Waals surface area contributed by atoms with Crippen molar-refractivity contribution < 1.29 is 9.21 Å². The Morgan fingerprint density at radius 3 is 2.76 bits per heavy atom. The lowest BCUT2D eigenvalue weighted by Gasteiger charge is -2.39. The fourth-order valence-electron chi connectivity index (χ4n) is 3.02. The monoisotopic (exact) mass is 304 g/mol. The highest BCUT2D eigenvalue weighted by Crippen LogP contribution is 2.26. The summed E-state index contributed by atoms with van der Waals surface area (Å²) in [7, 11) is 0. The van der Waals surface area contributed by atoms with E-state index in [0.717, 1.165) is 23.9 Å². The first-order chi connectivity index (χ1) is 10.1. The number of piperidine rings is 1. The zero-order valence-corrected chi connectivity index (χ0v) is 13.2. The van der Waals surface area contributed by atoms with Gasteiger partial charge in [0.2, 0.25) is 5.91 Å². The Morgan fingerprint density at radius 1 is 1.33 bits per heavy atom. The summed E-state index contributed by atoms with van der Waals surface area (Å²) < 4.78 is 5.64. The number of thioether (sulfide) groups is 1. The number of likely N-dealkylation sites (tertiary alicyclic amines) is 1. The van der Waals surface area contributed by atoms with Crippen LogP contribution in [0.25, 0.3) is 11.1 Å². The van der Waals surface area contributed by atoms with Crippen molar-refractivity contribution in [3.05, 3.63) is 24.3 Å². The number of para-hydroxylation sites is 2. The molecule has 5 heteroatoms. The van der Waals surface area contributed by atoms with Crippen molar-refractivity contribution in [1.29, 1.82) is 0 Å². The van der Waals surface area contributed by atoms with Crippen LogP contribution in [0.3, 0.4) is 0 Å². The molecule has 1 fully saturated rings. The SMILES string of the molecule is C[C@H]1CCC[C@H](C)N1C(=O)CSc1nc2ccccc2o1. The van der Waals surface area contributed by atoms with Crippen LogP contribution in [0.15, 0.2) is 33.9 Å². The van der Waals surface area contributed by atoms with E-state index >= 15 is 0 Å². The Bertz CT molecular complexity index is 597. The van der Waals surface area contributed by atoms with Gasteiger partial charge >= 0.3 is 0 Å². The van der Waals surface area contributed by atoms with Gasteiger partial charge in [0.15, 0.2) is 5.58 Å². The third kappa shape index (κ3) is 3.07. The average molecular weight is 304 g/mol. The van der Waals surface area contributed by atoms with Crippen molar-refractivity contribution in [3.8, 4) is 0 Å². The number of fused-ring (bicyclic) bond motifs is 1. The summed E-state index contributed by atoms with van der Waals surface area (Å²) in [5.41, 5.74) is 1.61. The lowest BCUT2D eigenvalue weighted by atomic mass is 9.98. The molecule has 1 aliphatic heterocycles. The normalized spacial score (nSPS) is 22.7. The maximum absolute atomic E-state index is 12.4. The van der Waals surface area contributed by atoms with Crippen molar-refractivity contribution in [2.75, 3.05) is 5.75 Å². The number of rotatable bonds is 3. The first-order valence-electron chi connectivity index (χ1n) is 7.44. The predicted molar refractivity (Wildman–Crippen MR) is 84.4 cm³/mol. The molecule has 2 atom stereocenters. The summed E-state index contributed by atoms with van der Waals surface area (Å²) in [6.07, 6.45) is 3.41.